The number of hydrogen-bond donors (Lipinski definition) is 1. The first kappa shape index (κ1) is 13.8. The van der Waals surface area contributed by atoms with E-state index in [0.29, 0.717) is 0 Å². The first-order valence-corrected chi connectivity index (χ1v) is 6.48. The highest BCUT2D eigenvalue weighted by atomic mass is 16.3. The molecule has 0 radical (unpaired) electrons. The smallest absolute Gasteiger partial charge is 0.105 e. The zero-order valence-electron chi connectivity index (χ0n) is 11.7. The van der Waals surface area contributed by atoms with Crippen molar-refractivity contribution < 1.29 is 4.42 Å². The molecule has 0 bridgehead atoms. The Morgan fingerprint density at radius 3 is 2.53 bits per heavy atom. The van der Waals surface area contributed by atoms with Gasteiger partial charge >= 0.3 is 0 Å². The van der Waals surface area contributed by atoms with Crippen LogP contribution in [0.25, 0.3) is 0 Å². The fourth-order valence-corrected chi connectivity index (χ4v) is 2.46. The SMILES string of the molecule is Cc1occc1CN(C)C(c1ccncc1)C(C)N. The van der Waals surface area contributed by atoms with Gasteiger partial charge in [-0.2, -0.15) is 0 Å². The van der Waals surface area contributed by atoms with Crippen LogP contribution in [0, 0.1) is 6.92 Å². The van der Waals surface area contributed by atoms with Crippen LogP contribution in [0.5, 0.6) is 0 Å². The van der Waals surface area contributed by atoms with E-state index in [9.17, 15) is 0 Å². The number of nitrogens with two attached hydrogens (primary N) is 1. The first-order valence-electron chi connectivity index (χ1n) is 6.48. The highest BCUT2D eigenvalue weighted by Gasteiger charge is 2.21. The van der Waals surface area contributed by atoms with Crippen molar-refractivity contribution in [2.45, 2.75) is 32.5 Å². The lowest BCUT2D eigenvalue weighted by Gasteiger charge is -2.31. The number of hydrogen-bond acceptors (Lipinski definition) is 4. The molecule has 19 heavy (non-hydrogen) atoms. The van der Waals surface area contributed by atoms with Crippen LogP contribution in [0.1, 0.15) is 29.9 Å². The number of furan rings is 1. The van der Waals surface area contributed by atoms with E-state index in [1.165, 1.54) is 11.1 Å². The summed E-state index contributed by atoms with van der Waals surface area (Å²) in [5.41, 5.74) is 8.54. The minimum atomic E-state index is 0.0413. The number of likely N-dealkylation sites (N-methyl/N-ethyl adjacent to an activating group) is 1. The number of rotatable bonds is 5. The molecule has 2 N–H and O–H groups in total. The minimum Gasteiger partial charge on any atom is -0.469 e. The summed E-state index contributed by atoms with van der Waals surface area (Å²) in [6.45, 7) is 4.83. The fourth-order valence-electron chi connectivity index (χ4n) is 2.46. The van der Waals surface area contributed by atoms with Crippen LogP contribution in [0.2, 0.25) is 0 Å². The summed E-state index contributed by atoms with van der Waals surface area (Å²) in [4.78, 5) is 6.31. The van der Waals surface area contributed by atoms with Gasteiger partial charge in [-0.25, -0.2) is 0 Å². The molecule has 2 heterocycles. The van der Waals surface area contributed by atoms with E-state index in [1.807, 2.05) is 44.4 Å². The Kier molecular flexibility index (Phi) is 4.35. The summed E-state index contributed by atoms with van der Waals surface area (Å²) in [6.07, 6.45) is 5.34. The van der Waals surface area contributed by atoms with Crippen molar-refractivity contribution in [3.63, 3.8) is 0 Å². The van der Waals surface area contributed by atoms with Crippen LogP contribution in [0.4, 0.5) is 0 Å². The second-order valence-electron chi connectivity index (χ2n) is 5.00. The summed E-state index contributed by atoms with van der Waals surface area (Å²) in [5, 5.41) is 0. The topological polar surface area (TPSA) is 55.3 Å². The molecule has 0 aliphatic heterocycles. The highest BCUT2D eigenvalue weighted by molar-refractivity contribution is 5.19. The maximum atomic E-state index is 6.15. The van der Waals surface area contributed by atoms with Crippen LogP contribution in [-0.4, -0.2) is 23.0 Å². The second kappa shape index (κ2) is 5.99. The molecule has 0 aliphatic carbocycles. The Morgan fingerprint density at radius 1 is 1.32 bits per heavy atom. The lowest BCUT2D eigenvalue weighted by Crippen LogP contribution is -2.37. The summed E-state index contributed by atoms with van der Waals surface area (Å²) in [7, 11) is 2.08. The van der Waals surface area contributed by atoms with Crippen LogP contribution in [-0.2, 0) is 6.54 Å². The predicted octanol–water partition coefficient (Wildman–Crippen LogP) is 2.50. The molecule has 0 fully saturated rings. The normalized spacial score (nSPS) is 14.6. The molecule has 2 atom stereocenters. The number of nitrogens with zero attached hydrogens (tertiary/aromatic N) is 2. The minimum absolute atomic E-state index is 0.0413. The van der Waals surface area contributed by atoms with Crippen LogP contribution >= 0.6 is 0 Å². The summed E-state index contributed by atoms with van der Waals surface area (Å²) in [6, 6.07) is 6.26. The Bertz CT molecular complexity index is 507. The molecule has 4 heteroatoms. The fraction of sp³-hybridized carbons (Fsp3) is 0.400. The monoisotopic (exact) mass is 259 g/mol. The number of aromatic nitrogens is 1. The van der Waals surface area contributed by atoms with Crippen molar-refractivity contribution in [3.8, 4) is 0 Å². The quantitative estimate of drug-likeness (QED) is 0.896. The lowest BCUT2D eigenvalue weighted by molar-refractivity contribution is 0.210. The predicted molar refractivity (Wildman–Crippen MR) is 75.5 cm³/mol. The van der Waals surface area contributed by atoms with Crippen molar-refractivity contribution in [3.05, 3.63) is 53.7 Å². The van der Waals surface area contributed by atoms with Gasteiger partial charge < -0.3 is 10.2 Å². The van der Waals surface area contributed by atoms with Crippen molar-refractivity contribution >= 4 is 0 Å². The van der Waals surface area contributed by atoms with Crippen molar-refractivity contribution in [1.82, 2.24) is 9.88 Å². The lowest BCUT2D eigenvalue weighted by atomic mass is 10.0. The summed E-state index contributed by atoms with van der Waals surface area (Å²) < 4.78 is 5.34. The maximum absolute atomic E-state index is 6.15. The Balaban J connectivity index is 2.18. The van der Waals surface area contributed by atoms with Gasteiger partial charge in [-0.3, -0.25) is 9.88 Å². The van der Waals surface area contributed by atoms with E-state index in [1.54, 1.807) is 6.26 Å². The molecule has 0 aliphatic rings. The second-order valence-corrected chi connectivity index (χ2v) is 5.00. The Hall–Kier alpha value is -1.65. The van der Waals surface area contributed by atoms with Gasteiger partial charge in [0.15, 0.2) is 0 Å². The third-order valence-corrected chi connectivity index (χ3v) is 3.41. The number of aryl methyl sites for hydroxylation is 1. The van der Waals surface area contributed by atoms with E-state index >= 15 is 0 Å². The van der Waals surface area contributed by atoms with Crippen molar-refractivity contribution in [1.29, 1.82) is 0 Å². The van der Waals surface area contributed by atoms with E-state index in [2.05, 4.69) is 16.9 Å². The van der Waals surface area contributed by atoms with Crippen LogP contribution in [0.3, 0.4) is 0 Å². The molecule has 0 amide bonds. The highest BCUT2D eigenvalue weighted by Crippen LogP contribution is 2.24. The van der Waals surface area contributed by atoms with Gasteiger partial charge in [-0.05, 0) is 44.7 Å². The standard InChI is InChI=1S/C15H21N3O/c1-11(16)15(13-4-7-17-8-5-13)18(3)10-14-6-9-19-12(14)2/h4-9,11,15H,10,16H2,1-3H3. The molecule has 2 unspecified atom stereocenters. The van der Waals surface area contributed by atoms with Gasteiger partial charge in [0.2, 0.25) is 0 Å². The molecule has 0 aromatic carbocycles. The molecule has 2 rings (SSSR count). The van der Waals surface area contributed by atoms with Gasteiger partial charge in [0.1, 0.15) is 5.76 Å². The first-order chi connectivity index (χ1) is 9.09. The van der Waals surface area contributed by atoms with Crippen molar-refractivity contribution in [2.24, 2.45) is 5.73 Å². The van der Waals surface area contributed by atoms with E-state index in [4.69, 9.17) is 10.2 Å². The Labute approximate surface area is 114 Å². The van der Waals surface area contributed by atoms with Gasteiger partial charge in [0.05, 0.1) is 6.26 Å². The molecule has 2 aromatic heterocycles. The van der Waals surface area contributed by atoms with E-state index in [-0.39, 0.29) is 12.1 Å². The maximum Gasteiger partial charge on any atom is 0.105 e. The molecule has 2 aromatic rings. The molecular formula is C15H21N3O. The third-order valence-electron chi connectivity index (χ3n) is 3.41. The van der Waals surface area contributed by atoms with Gasteiger partial charge in [0, 0.05) is 36.6 Å². The third kappa shape index (κ3) is 3.22. The Morgan fingerprint density at radius 2 is 2.00 bits per heavy atom. The summed E-state index contributed by atoms with van der Waals surface area (Å²) >= 11 is 0. The van der Waals surface area contributed by atoms with Crippen LogP contribution in [0.15, 0.2) is 41.3 Å². The average Bonchev–Trinajstić information content (AvgIpc) is 2.76. The van der Waals surface area contributed by atoms with Crippen LogP contribution < -0.4 is 5.73 Å². The summed E-state index contributed by atoms with van der Waals surface area (Å²) in [5.74, 6) is 0.963. The zero-order chi connectivity index (χ0) is 13.8. The molecule has 0 saturated carbocycles. The largest absolute Gasteiger partial charge is 0.469 e. The molecule has 0 saturated heterocycles. The molecular weight excluding hydrogens is 238 g/mol. The molecule has 102 valence electrons. The van der Waals surface area contributed by atoms with Crippen molar-refractivity contribution in [2.75, 3.05) is 7.05 Å². The van der Waals surface area contributed by atoms with Gasteiger partial charge in [-0.15, -0.1) is 0 Å². The van der Waals surface area contributed by atoms with E-state index < -0.39 is 0 Å². The average molecular weight is 259 g/mol. The molecule has 4 nitrogen and oxygen atoms in total. The number of pyridine rings is 1. The van der Waals surface area contributed by atoms with Gasteiger partial charge in [0.25, 0.3) is 0 Å². The molecule has 0 spiro atoms. The zero-order valence-corrected chi connectivity index (χ0v) is 11.7. The van der Waals surface area contributed by atoms with Gasteiger partial charge in [-0.1, -0.05) is 0 Å². The van der Waals surface area contributed by atoms with E-state index in [0.717, 1.165) is 12.3 Å².